The molecule has 1 N–H and O–H groups in total. The zero-order valence-corrected chi connectivity index (χ0v) is 15.1. The second-order valence-electron chi connectivity index (χ2n) is 6.02. The zero-order valence-electron chi connectivity index (χ0n) is 15.1. The number of carbonyl (C=O) groups is 1. The van der Waals surface area contributed by atoms with Crippen molar-refractivity contribution in [2.75, 3.05) is 6.54 Å². The van der Waals surface area contributed by atoms with E-state index in [-0.39, 0.29) is 12.0 Å². The van der Waals surface area contributed by atoms with E-state index < -0.39 is 0 Å². The summed E-state index contributed by atoms with van der Waals surface area (Å²) in [7, 11) is 1.80. The number of ether oxygens (including phenoxy) is 1. The lowest BCUT2D eigenvalue weighted by Crippen LogP contribution is -2.22. The number of nitrogens with zero attached hydrogens (tertiary/aromatic N) is 3. The molecule has 0 saturated heterocycles. The lowest BCUT2D eigenvalue weighted by molar-refractivity contribution is 0.0956. The molecule has 6 nitrogen and oxygen atoms in total. The van der Waals surface area contributed by atoms with Gasteiger partial charge in [-0.15, -0.1) is 5.10 Å². The van der Waals surface area contributed by atoms with Crippen LogP contribution in [0, 0.1) is 0 Å². The molecule has 0 spiro atoms. The van der Waals surface area contributed by atoms with E-state index in [1.165, 1.54) is 0 Å². The largest absolute Gasteiger partial charge is 0.485 e. The highest BCUT2D eigenvalue weighted by Gasteiger charge is 2.16. The van der Waals surface area contributed by atoms with Gasteiger partial charge < -0.3 is 10.1 Å². The summed E-state index contributed by atoms with van der Waals surface area (Å²) in [6.45, 7) is 4.45. The Kier molecular flexibility index (Phi) is 5.31. The summed E-state index contributed by atoms with van der Waals surface area (Å²) >= 11 is 0. The molecule has 2 aromatic carbocycles. The van der Waals surface area contributed by atoms with Gasteiger partial charge in [0.25, 0.3) is 5.91 Å². The summed E-state index contributed by atoms with van der Waals surface area (Å²) in [5, 5.41) is 11.0. The van der Waals surface area contributed by atoms with E-state index in [4.69, 9.17) is 4.74 Å². The average Bonchev–Trinajstić information content (AvgIpc) is 3.09. The van der Waals surface area contributed by atoms with Gasteiger partial charge in [0, 0.05) is 24.7 Å². The number of nitrogens with one attached hydrogen (secondary N) is 1. The minimum atomic E-state index is -0.137. The molecule has 3 aromatic rings. The maximum absolute atomic E-state index is 12.2. The fourth-order valence-electron chi connectivity index (χ4n) is 2.69. The summed E-state index contributed by atoms with van der Waals surface area (Å²) in [6, 6.07) is 15.4. The van der Waals surface area contributed by atoms with Crippen LogP contribution in [0.1, 0.15) is 35.9 Å². The molecular formula is C20H22N4O2. The molecule has 0 unspecified atom stereocenters. The normalized spacial score (nSPS) is 11.8. The summed E-state index contributed by atoms with van der Waals surface area (Å²) < 4.78 is 7.80. The van der Waals surface area contributed by atoms with Crippen LogP contribution in [0.25, 0.3) is 11.3 Å². The van der Waals surface area contributed by atoms with E-state index >= 15 is 0 Å². The first-order valence-electron chi connectivity index (χ1n) is 8.59. The van der Waals surface area contributed by atoms with Crippen molar-refractivity contribution in [3.63, 3.8) is 0 Å². The Hall–Kier alpha value is -3.15. The number of benzene rings is 2. The van der Waals surface area contributed by atoms with Gasteiger partial charge in [0.05, 0.1) is 6.20 Å². The first-order chi connectivity index (χ1) is 12.6. The first kappa shape index (κ1) is 17.7. The zero-order chi connectivity index (χ0) is 18.5. The van der Waals surface area contributed by atoms with Crippen LogP contribution < -0.4 is 10.1 Å². The molecule has 0 aliphatic rings. The van der Waals surface area contributed by atoms with Crippen molar-refractivity contribution in [2.24, 2.45) is 7.05 Å². The quantitative estimate of drug-likeness (QED) is 0.740. The maximum atomic E-state index is 12.2. The number of carbonyl (C=O) groups excluding carboxylic acids is 1. The van der Waals surface area contributed by atoms with Gasteiger partial charge in [-0.2, -0.15) is 0 Å². The average molecular weight is 350 g/mol. The fraction of sp³-hybridized carbons (Fsp3) is 0.250. The molecule has 134 valence electrons. The highest BCUT2D eigenvalue weighted by Crippen LogP contribution is 2.33. The van der Waals surface area contributed by atoms with Crippen molar-refractivity contribution >= 4 is 5.91 Å². The number of hydrogen-bond acceptors (Lipinski definition) is 4. The van der Waals surface area contributed by atoms with Crippen LogP contribution in [0.2, 0.25) is 0 Å². The SMILES string of the molecule is CCNC(=O)c1ccc(O[C@H](C)c2ccccc2)c(-c2cn(C)nn2)c1. The van der Waals surface area contributed by atoms with E-state index in [0.717, 1.165) is 11.1 Å². The van der Waals surface area contributed by atoms with Crippen molar-refractivity contribution < 1.29 is 9.53 Å². The smallest absolute Gasteiger partial charge is 0.251 e. The highest BCUT2D eigenvalue weighted by molar-refractivity contribution is 5.95. The van der Waals surface area contributed by atoms with Gasteiger partial charge in [-0.1, -0.05) is 35.5 Å². The van der Waals surface area contributed by atoms with Crippen molar-refractivity contribution in [2.45, 2.75) is 20.0 Å². The van der Waals surface area contributed by atoms with Crippen LogP contribution in [0.5, 0.6) is 5.75 Å². The Balaban J connectivity index is 1.97. The number of aromatic nitrogens is 3. The summed E-state index contributed by atoms with van der Waals surface area (Å²) in [5.74, 6) is 0.537. The second-order valence-corrected chi connectivity index (χ2v) is 6.02. The van der Waals surface area contributed by atoms with Gasteiger partial charge in [0.15, 0.2) is 0 Å². The van der Waals surface area contributed by atoms with E-state index in [0.29, 0.717) is 23.6 Å². The van der Waals surface area contributed by atoms with E-state index in [1.807, 2.05) is 50.2 Å². The number of rotatable bonds is 6. The van der Waals surface area contributed by atoms with Crippen LogP contribution in [-0.2, 0) is 7.05 Å². The standard InChI is InChI=1S/C20H22N4O2/c1-4-21-20(25)16-10-11-19(17(12-16)18-13-24(3)23-22-18)26-14(2)15-8-6-5-7-9-15/h5-14H,4H2,1-3H3,(H,21,25)/t14-/m1/s1. The van der Waals surface area contributed by atoms with Crippen molar-refractivity contribution in [1.29, 1.82) is 0 Å². The predicted molar refractivity (Wildman–Crippen MR) is 99.9 cm³/mol. The van der Waals surface area contributed by atoms with Gasteiger partial charge in [0.2, 0.25) is 0 Å². The van der Waals surface area contributed by atoms with Gasteiger partial charge in [-0.3, -0.25) is 9.48 Å². The molecule has 1 atom stereocenters. The summed E-state index contributed by atoms with van der Waals surface area (Å²) in [6.07, 6.45) is 1.67. The van der Waals surface area contributed by atoms with Gasteiger partial charge >= 0.3 is 0 Å². The van der Waals surface area contributed by atoms with Gasteiger partial charge in [-0.25, -0.2) is 0 Å². The Morgan fingerprint density at radius 1 is 1.23 bits per heavy atom. The highest BCUT2D eigenvalue weighted by atomic mass is 16.5. The molecule has 0 fully saturated rings. The monoisotopic (exact) mass is 350 g/mol. The topological polar surface area (TPSA) is 69.0 Å². The van der Waals surface area contributed by atoms with Crippen molar-refractivity contribution in [3.8, 4) is 17.0 Å². The van der Waals surface area contributed by atoms with Crippen LogP contribution >= 0.6 is 0 Å². The van der Waals surface area contributed by atoms with Crippen LogP contribution in [0.3, 0.4) is 0 Å². The lowest BCUT2D eigenvalue weighted by atomic mass is 10.1. The third-order valence-corrected chi connectivity index (χ3v) is 4.03. The van der Waals surface area contributed by atoms with Gasteiger partial charge in [0.1, 0.15) is 17.5 Å². The molecule has 0 bridgehead atoms. The molecule has 6 heteroatoms. The maximum Gasteiger partial charge on any atom is 0.251 e. The summed E-state index contributed by atoms with van der Waals surface area (Å²) in [4.78, 5) is 12.2. The molecule has 1 heterocycles. The van der Waals surface area contributed by atoms with E-state index in [9.17, 15) is 4.79 Å². The Bertz CT molecular complexity index is 890. The number of amides is 1. The molecule has 0 saturated carbocycles. The molecule has 26 heavy (non-hydrogen) atoms. The first-order valence-corrected chi connectivity index (χ1v) is 8.59. The minimum absolute atomic E-state index is 0.125. The summed E-state index contributed by atoms with van der Waals surface area (Å²) in [5.41, 5.74) is 3.04. The molecule has 1 aromatic heterocycles. The number of hydrogen-bond donors (Lipinski definition) is 1. The molecule has 1 amide bonds. The van der Waals surface area contributed by atoms with Gasteiger partial charge in [-0.05, 0) is 37.6 Å². The van der Waals surface area contributed by atoms with Crippen LogP contribution in [-0.4, -0.2) is 27.4 Å². The fourth-order valence-corrected chi connectivity index (χ4v) is 2.69. The second kappa shape index (κ2) is 7.82. The predicted octanol–water partition coefficient (Wildman–Crippen LogP) is 3.37. The van der Waals surface area contributed by atoms with Crippen LogP contribution in [0.15, 0.2) is 54.7 Å². The molecular weight excluding hydrogens is 328 g/mol. The van der Waals surface area contributed by atoms with Crippen molar-refractivity contribution in [1.82, 2.24) is 20.3 Å². The van der Waals surface area contributed by atoms with Crippen LogP contribution in [0.4, 0.5) is 0 Å². The third-order valence-electron chi connectivity index (χ3n) is 4.03. The third kappa shape index (κ3) is 3.91. The Morgan fingerprint density at radius 3 is 2.65 bits per heavy atom. The van der Waals surface area contributed by atoms with Crippen molar-refractivity contribution in [3.05, 3.63) is 65.9 Å². The molecule has 3 rings (SSSR count). The molecule has 0 aliphatic carbocycles. The Labute approximate surface area is 152 Å². The molecule has 0 radical (unpaired) electrons. The van der Waals surface area contributed by atoms with E-state index in [2.05, 4.69) is 15.6 Å². The minimum Gasteiger partial charge on any atom is -0.485 e. The Morgan fingerprint density at radius 2 is 2.00 bits per heavy atom. The number of aryl methyl sites for hydroxylation is 1. The molecule has 0 aliphatic heterocycles. The lowest BCUT2D eigenvalue weighted by Gasteiger charge is -2.18. The van der Waals surface area contributed by atoms with E-state index in [1.54, 1.807) is 30.1 Å².